The number of nitrogens with zero attached hydrogens (tertiary/aromatic N) is 1. The Labute approximate surface area is 131 Å². The number of nitrogens with one attached hydrogen (secondary N) is 1. The van der Waals surface area contributed by atoms with Crippen LogP contribution in [0.2, 0.25) is 0 Å². The van der Waals surface area contributed by atoms with Crippen LogP contribution in [0.25, 0.3) is 0 Å². The molecule has 0 aliphatic heterocycles. The summed E-state index contributed by atoms with van der Waals surface area (Å²) in [4.78, 5) is 15.4. The number of benzene rings is 1. The van der Waals surface area contributed by atoms with E-state index in [1.165, 1.54) is 5.56 Å². The number of carbonyl (C=O) groups excluding carboxylic acids is 1. The summed E-state index contributed by atoms with van der Waals surface area (Å²) in [7, 11) is 0. The van der Waals surface area contributed by atoms with Crippen LogP contribution in [-0.2, 0) is 10.2 Å². The quantitative estimate of drug-likeness (QED) is 0.415. The van der Waals surface area contributed by atoms with E-state index in [-0.39, 0.29) is 23.9 Å². The van der Waals surface area contributed by atoms with Crippen LogP contribution in [0.3, 0.4) is 0 Å². The molecule has 0 fully saturated rings. The lowest BCUT2D eigenvalue weighted by molar-refractivity contribution is -0.123. The van der Waals surface area contributed by atoms with Crippen LogP contribution >= 0.6 is 0 Å². The molecular weight excluding hydrogens is 280 g/mol. The monoisotopic (exact) mass is 306 g/mol. The molecular formula is C16H26N4O2. The van der Waals surface area contributed by atoms with Gasteiger partial charge in [0.2, 0.25) is 0 Å². The van der Waals surface area contributed by atoms with Gasteiger partial charge in [-0.1, -0.05) is 32.9 Å². The molecule has 0 unspecified atom stereocenters. The van der Waals surface area contributed by atoms with Crippen LogP contribution in [0.15, 0.2) is 23.2 Å². The van der Waals surface area contributed by atoms with E-state index in [0.29, 0.717) is 18.8 Å². The number of hydrogen-bond donors (Lipinski definition) is 3. The third-order valence-electron chi connectivity index (χ3n) is 3.13. The number of guanidine groups is 1. The summed E-state index contributed by atoms with van der Waals surface area (Å²) in [5.41, 5.74) is 12.7. The van der Waals surface area contributed by atoms with Crippen LogP contribution in [-0.4, -0.2) is 31.6 Å². The standard InChI is InChI=1S/C16H26N4O2/c1-11-9-12(16(2,3)4)5-6-13(11)22-10-14(21)19-7-8-20-15(17)18/h5-6,9H,7-8,10H2,1-4H3,(H,19,21)(H4,17,18,20). The van der Waals surface area contributed by atoms with Crippen molar-refractivity contribution in [1.29, 1.82) is 0 Å². The molecule has 0 heterocycles. The molecule has 1 aromatic rings. The maximum Gasteiger partial charge on any atom is 0.258 e. The van der Waals surface area contributed by atoms with Crippen LogP contribution in [0, 0.1) is 6.92 Å². The molecule has 22 heavy (non-hydrogen) atoms. The highest BCUT2D eigenvalue weighted by Gasteiger charge is 2.15. The second-order valence-corrected chi connectivity index (χ2v) is 6.18. The number of aliphatic imine (C=N–C) groups is 1. The van der Waals surface area contributed by atoms with Crippen LogP contribution < -0.4 is 21.5 Å². The Morgan fingerprint density at radius 1 is 1.32 bits per heavy atom. The maximum atomic E-state index is 11.7. The highest BCUT2D eigenvalue weighted by molar-refractivity contribution is 5.78. The predicted molar refractivity (Wildman–Crippen MR) is 89.1 cm³/mol. The zero-order chi connectivity index (χ0) is 16.8. The van der Waals surface area contributed by atoms with E-state index >= 15 is 0 Å². The number of hydrogen-bond acceptors (Lipinski definition) is 3. The normalized spacial score (nSPS) is 10.9. The molecule has 5 N–H and O–H groups in total. The lowest BCUT2D eigenvalue weighted by Gasteiger charge is -2.20. The third-order valence-corrected chi connectivity index (χ3v) is 3.13. The van der Waals surface area contributed by atoms with Crippen molar-refractivity contribution >= 4 is 11.9 Å². The number of carbonyl (C=O) groups is 1. The number of nitrogens with two attached hydrogens (primary N) is 2. The van der Waals surface area contributed by atoms with Crippen LogP contribution in [0.1, 0.15) is 31.9 Å². The fourth-order valence-corrected chi connectivity index (χ4v) is 1.85. The summed E-state index contributed by atoms with van der Waals surface area (Å²) in [5.74, 6) is 0.525. The second kappa shape index (κ2) is 7.68. The Morgan fingerprint density at radius 3 is 2.55 bits per heavy atom. The lowest BCUT2D eigenvalue weighted by atomic mass is 9.86. The van der Waals surface area contributed by atoms with Crippen molar-refractivity contribution in [2.24, 2.45) is 16.5 Å². The van der Waals surface area contributed by atoms with Crippen LogP contribution in [0.5, 0.6) is 5.75 Å². The maximum absolute atomic E-state index is 11.7. The minimum absolute atomic E-state index is 0.0139. The van der Waals surface area contributed by atoms with Gasteiger partial charge in [0.05, 0.1) is 6.54 Å². The molecule has 1 aromatic carbocycles. The van der Waals surface area contributed by atoms with Gasteiger partial charge in [0.25, 0.3) is 5.91 Å². The van der Waals surface area contributed by atoms with Gasteiger partial charge in [-0.05, 0) is 29.5 Å². The molecule has 0 aliphatic rings. The summed E-state index contributed by atoms with van der Waals surface area (Å²) < 4.78 is 5.55. The first-order chi connectivity index (χ1) is 10.2. The third kappa shape index (κ3) is 6.03. The largest absolute Gasteiger partial charge is 0.484 e. The number of amides is 1. The van der Waals surface area contributed by atoms with E-state index in [0.717, 1.165) is 5.56 Å². The first-order valence-corrected chi connectivity index (χ1v) is 7.26. The zero-order valence-corrected chi connectivity index (χ0v) is 13.8. The number of aryl methyl sites for hydroxylation is 1. The molecule has 0 saturated carbocycles. The van der Waals surface area contributed by atoms with Gasteiger partial charge in [-0.25, -0.2) is 0 Å². The van der Waals surface area contributed by atoms with Gasteiger partial charge < -0.3 is 21.5 Å². The van der Waals surface area contributed by atoms with E-state index < -0.39 is 0 Å². The van der Waals surface area contributed by atoms with E-state index in [9.17, 15) is 4.79 Å². The Hall–Kier alpha value is -2.24. The lowest BCUT2D eigenvalue weighted by Crippen LogP contribution is -2.32. The van der Waals surface area contributed by atoms with Crippen molar-refractivity contribution in [3.8, 4) is 5.75 Å². The van der Waals surface area contributed by atoms with E-state index in [4.69, 9.17) is 16.2 Å². The van der Waals surface area contributed by atoms with Gasteiger partial charge in [0.15, 0.2) is 12.6 Å². The Balaban J connectivity index is 2.48. The van der Waals surface area contributed by atoms with Crippen molar-refractivity contribution in [2.75, 3.05) is 19.7 Å². The van der Waals surface area contributed by atoms with Crippen molar-refractivity contribution in [3.05, 3.63) is 29.3 Å². The molecule has 1 rings (SSSR count). The Kier molecular flexibility index (Phi) is 6.22. The molecule has 0 saturated heterocycles. The van der Waals surface area contributed by atoms with Crippen LogP contribution in [0.4, 0.5) is 0 Å². The van der Waals surface area contributed by atoms with Gasteiger partial charge >= 0.3 is 0 Å². The van der Waals surface area contributed by atoms with E-state index in [2.05, 4.69) is 37.1 Å². The van der Waals surface area contributed by atoms with Crippen molar-refractivity contribution in [3.63, 3.8) is 0 Å². The zero-order valence-electron chi connectivity index (χ0n) is 13.8. The topological polar surface area (TPSA) is 103 Å². The summed E-state index contributed by atoms with van der Waals surface area (Å²) in [6.07, 6.45) is 0. The highest BCUT2D eigenvalue weighted by atomic mass is 16.5. The SMILES string of the molecule is Cc1cc(C(C)(C)C)ccc1OCC(=O)NCCN=C(N)N. The molecule has 0 aliphatic carbocycles. The summed E-state index contributed by atoms with van der Waals surface area (Å²) in [6, 6.07) is 6.02. The van der Waals surface area contributed by atoms with Gasteiger partial charge in [-0.2, -0.15) is 0 Å². The Bertz CT molecular complexity index is 544. The molecule has 0 bridgehead atoms. The van der Waals surface area contributed by atoms with E-state index in [1.807, 2.05) is 19.1 Å². The summed E-state index contributed by atoms with van der Waals surface area (Å²) >= 11 is 0. The average molecular weight is 306 g/mol. The fourth-order valence-electron chi connectivity index (χ4n) is 1.85. The fraction of sp³-hybridized carbons (Fsp3) is 0.500. The summed E-state index contributed by atoms with van der Waals surface area (Å²) in [6.45, 7) is 9.15. The molecule has 1 amide bonds. The smallest absolute Gasteiger partial charge is 0.258 e. The van der Waals surface area contributed by atoms with Crippen molar-refractivity contribution in [2.45, 2.75) is 33.1 Å². The number of ether oxygens (including phenoxy) is 1. The van der Waals surface area contributed by atoms with Gasteiger partial charge in [0.1, 0.15) is 5.75 Å². The van der Waals surface area contributed by atoms with Crippen molar-refractivity contribution in [1.82, 2.24) is 5.32 Å². The van der Waals surface area contributed by atoms with Gasteiger partial charge in [-0.15, -0.1) is 0 Å². The molecule has 0 radical (unpaired) electrons. The Morgan fingerprint density at radius 2 is 2.00 bits per heavy atom. The molecule has 0 spiro atoms. The molecule has 6 heteroatoms. The molecule has 6 nitrogen and oxygen atoms in total. The van der Waals surface area contributed by atoms with Gasteiger partial charge in [-0.3, -0.25) is 9.79 Å². The average Bonchev–Trinajstić information content (AvgIpc) is 2.41. The second-order valence-electron chi connectivity index (χ2n) is 6.18. The molecule has 0 aromatic heterocycles. The summed E-state index contributed by atoms with van der Waals surface area (Å²) in [5, 5.41) is 2.68. The first-order valence-electron chi connectivity index (χ1n) is 7.26. The molecule has 0 atom stereocenters. The number of rotatable bonds is 6. The highest BCUT2D eigenvalue weighted by Crippen LogP contribution is 2.27. The minimum Gasteiger partial charge on any atom is -0.484 e. The first kappa shape index (κ1) is 17.8. The van der Waals surface area contributed by atoms with Crippen molar-refractivity contribution < 1.29 is 9.53 Å². The minimum atomic E-state index is -0.204. The van der Waals surface area contributed by atoms with Gasteiger partial charge in [0, 0.05) is 6.54 Å². The molecule has 122 valence electrons. The van der Waals surface area contributed by atoms with E-state index in [1.54, 1.807) is 0 Å². The predicted octanol–water partition coefficient (Wildman–Crippen LogP) is 1.06.